The first-order chi connectivity index (χ1) is 12.0. The number of rotatable bonds is 5. The van der Waals surface area contributed by atoms with Gasteiger partial charge in [0, 0.05) is 12.3 Å². The lowest BCUT2D eigenvalue weighted by Crippen LogP contribution is -2.15. The van der Waals surface area contributed by atoms with Crippen molar-refractivity contribution in [3.05, 3.63) is 54.1 Å². The van der Waals surface area contributed by atoms with E-state index in [1.165, 1.54) is 30.0 Å². The largest absolute Gasteiger partial charge is 0.489 e. The zero-order chi connectivity index (χ0) is 18.0. The summed E-state index contributed by atoms with van der Waals surface area (Å²) in [6.07, 6.45) is 3.64. The Bertz CT molecular complexity index is 924. The molecule has 1 N–H and O–H groups in total. The van der Waals surface area contributed by atoms with Crippen LogP contribution in [0, 0.1) is 5.82 Å². The van der Waals surface area contributed by atoms with Crippen LogP contribution >= 0.6 is 11.8 Å². The Labute approximate surface area is 149 Å². The highest BCUT2D eigenvalue weighted by atomic mass is 32.2. The van der Waals surface area contributed by atoms with Crippen molar-refractivity contribution in [2.45, 2.75) is 25.1 Å². The van der Waals surface area contributed by atoms with Gasteiger partial charge in [0.15, 0.2) is 10.9 Å². The van der Waals surface area contributed by atoms with Gasteiger partial charge < -0.3 is 10.1 Å². The van der Waals surface area contributed by atoms with Gasteiger partial charge in [0.05, 0.1) is 17.3 Å². The maximum absolute atomic E-state index is 13.6. The molecule has 130 valence electrons. The highest BCUT2D eigenvalue weighted by molar-refractivity contribution is 7.98. The first-order valence-electron chi connectivity index (χ1n) is 7.78. The number of benzene rings is 1. The number of pyridine rings is 1. The molecule has 2 aromatic heterocycles. The van der Waals surface area contributed by atoms with Crippen molar-refractivity contribution < 1.29 is 13.9 Å². The molecule has 0 saturated heterocycles. The van der Waals surface area contributed by atoms with E-state index in [1.807, 2.05) is 48.9 Å². The lowest BCUT2D eigenvalue weighted by atomic mass is 10.2. The number of hydrogen-bond acceptors (Lipinski definition) is 4. The molecule has 0 spiro atoms. The smallest absolute Gasteiger partial charge is 0.276 e. The first kappa shape index (κ1) is 17.3. The van der Waals surface area contributed by atoms with Crippen molar-refractivity contribution >= 4 is 28.9 Å². The topological polar surface area (TPSA) is 55.6 Å². The molecule has 0 radical (unpaired) electrons. The molecule has 1 amide bonds. The molecule has 0 atom stereocenters. The van der Waals surface area contributed by atoms with Gasteiger partial charge in [-0.1, -0.05) is 17.8 Å². The standard InChI is InChI=1S/C18H18FN3O2S/c1-11(2)24-15-8-7-12(19)10-13(15)20-17(23)16-14-6-4-5-9-22(14)18(21-16)25-3/h4-11H,1-3H3,(H,20,23). The van der Waals surface area contributed by atoms with Crippen LogP contribution in [0.2, 0.25) is 0 Å². The number of halogens is 1. The van der Waals surface area contributed by atoms with Crippen LogP contribution in [0.1, 0.15) is 24.3 Å². The van der Waals surface area contributed by atoms with E-state index in [-0.39, 0.29) is 17.5 Å². The van der Waals surface area contributed by atoms with E-state index in [0.29, 0.717) is 16.4 Å². The van der Waals surface area contributed by atoms with E-state index in [9.17, 15) is 9.18 Å². The van der Waals surface area contributed by atoms with Crippen LogP contribution in [0.4, 0.5) is 10.1 Å². The summed E-state index contributed by atoms with van der Waals surface area (Å²) >= 11 is 1.44. The monoisotopic (exact) mass is 359 g/mol. The van der Waals surface area contributed by atoms with Crippen molar-refractivity contribution in [1.29, 1.82) is 0 Å². The second-order valence-electron chi connectivity index (χ2n) is 5.66. The highest BCUT2D eigenvalue weighted by Crippen LogP contribution is 2.28. The quantitative estimate of drug-likeness (QED) is 0.693. The molecule has 7 heteroatoms. The Kier molecular flexibility index (Phi) is 4.94. The third-order valence-electron chi connectivity index (χ3n) is 3.47. The number of carbonyl (C=O) groups excluding carboxylic acids is 1. The molecule has 0 saturated carbocycles. The van der Waals surface area contributed by atoms with E-state index in [4.69, 9.17) is 4.74 Å². The average Bonchev–Trinajstić information content (AvgIpc) is 2.96. The SMILES string of the molecule is CSc1nc(C(=O)Nc2cc(F)ccc2OC(C)C)c2ccccn12. The summed E-state index contributed by atoms with van der Waals surface area (Å²) < 4.78 is 21.1. The number of aromatic nitrogens is 2. The number of nitrogens with one attached hydrogen (secondary N) is 1. The molecule has 1 aromatic carbocycles. The second-order valence-corrected chi connectivity index (χ2v) is 6.44. The van der Waals surface area contributed by atoms with Crippen molar-refractivity contribution in [3.63, 3.8) is 0 Å². The molecule has 5 nitrogen and oxygen atoms in total. The predicted octanol–water partition coefficient (Wildman–Crippen LogP) is 4.23. The molecule has 0 aliphatic rings. The van der Waals surface area contributed by atoms with E-state index in [2.05, 4.69) is 10.3 Å². The zero-order valence-electron chi connectivity index (χ0n) is 14.1. The summed E-state index contributed by atoms with van der Waals surface area (Å²) in [5.41, 5.74) is 1.25. The second kappa shape index (κ2) is 7.14. The van der Waals surface area contributed by atoms with E-state index in [0.717, 1.165) is 0 Å². The summed E-state index contributed by atoms with van der Waals surface area (Å²) in [7, 11) is 0. The van der Waals surface area contributed by atoms with Crippen LogP contribution in [0.5, 0.6) is 5.75 Å². The molecule has 0 bridgehead atoms. The number of anilines is 1. The molecule has 3 aromatic rings. The number of carbonyl (C=O) groups is 1. The average molecular weight is 359 g/mol. The van der Waals surface area contributed by atoms with Gasteiger partial charge in [-0.15, -0.1) is 0 Å². The molecule has 3 rings (SSSR count). The lowest BCUT2D eigenvalue weighted by molar-refractivity contribution is 0.102. The number of thioether (sulfide) groups is 1. The molecule has 0 aliphatic heterocycles. The normalized spacial score (nSPS) is 11.1. The van der Waals surface area contributed by atoms with Crippen LogP contribution < -0.4 is 10.1 Å². The fraction of sp³-hybridized carbons (Fsp3) is 0.222. The van der Waals surface area contributed by atoms with E-state index < -0.39 is 11.7 Å². The van der Waals surface area contributed by atoms with Crippen LogP contribution in [0.3, 0.4) is 0 Å². The Morgan fingerprint density at radius 3 is 2.84 bits per heavy atom. The van der Waals surface area contributed by atoms with Crippen molar-refractivity contribution in [2.75, 3.05) is 11.6 Å². The van der Waals surface area contributed by atoms with Crippen LogP contribution in [0.25, 0.3) is 5.52 Å². The van der Waals surface area contributed by atoms with Gasteiger partial charge >= 0.3 is 0 Å². The number of fused-ring (bicyclic) bond motifs is 1. The molecular weight excluding hydrogens is 341 g/mol. The summed E-state index contributed by atoms with van der Waals surface area (Å²) in [4.78, 5) is 17.1. The van der Waals surface area contributed by atoms with Crippen LogP contribution in [-0.2, 0) is 0 Å². The number of imidazole rings is 1. The molecular formula is C18H18FN3O2S. The maximum Gasteiger partial charge on any atom is 0.276 e. The predicted molar refractivity (Wildman–Crippen MR) is 97.1 cm³/mol. The van der Waals surface area contributed by atoms with Crippen molar-refractivity contribution in [1.82, 2.24) is 9.38 Å². The van der Waals surface area contributed by atoms with Gasteiger partial charge in [0.2, 0.25) is 0 Å². The third-order valence-corrected chi connectivity index (χ3v) is 4.12. The minimum absolute atomic E-state index is 0.0994. The van der Waals surface area contributed by atoms with E-state index in [1.54, 1.807) is 0 Å². The van der Waals surface area contributed by atoms with Gasteiger partial charge in [0.25, 0.3) is 5.91 Å². The number of amides is 1. The number of hydrogen-bond donors (Lipinski definition) is 1. The molecule has 0 aliphatic carbocycles. The Morgan fingerprint density at radius 2 is 2.12 bits per heavy atom. The highest BCUT2D eigenvalue weighted by Gasteiger charge is 2.19. The maximum atomic E-state index is 13.6. The minimum atomic E-state index is -0.453. The van der Waals surface area contributed by atoms with Gasteiger partial charge in [-0.3, -0.25) is 9.20 Å². The Morgan fingerprint density at radius 1 is 1.32 bits per heavy atom. The van der Waals surface area contributed by atoms with Crippen molar-refractivity contribution in [3.8, 4) is 5.75 Å². The lowest BCUT2D eigenvalue weighted by Gasteiger charge is -2.14. The van der Waals surface area contributed by atoms with Gasteiger partial charge in [-0.2, -0.15) is 0 Å². The summed E-state index contributed by atoms with van der Waals surface area (Å²) in [5.74, 6) is -0.451. The molecule has 2 heterocycles. The Balaban J connectivity index is 1.97. The molecule has 25 heavy (non-hydrogen) atoms. The molecule has 0 unspecified atom stereocenters. The van der Waals surface area contributed by atoms with E-state index >= 15 is 0 Å². The minimum Gasteiger partial charge on any atom is -0.489 e. The first-order valence-corrected chi connectivity index (χ1v) is 9.00. The fourth-order valence-electron chi connectivity index (χ4n) is 2.46. The van der Waals surface area contributed by atoms with Gasteiger partial charge in [-0.05, 0) is 44.4 Å². The number of ether oxygens (including phenoxy) is 1. The Hall–Kier alpha value is -2.54. The molecule has 0 fully saturated rings. The van der Waals surface area contributed by atoms with Crippen LogP contribution in [0.15, 0.2) is 47.8 Å². The van der Waals surface area contributed by atoms with Crippen LogP contribution in [-0.4, -0.2) is 27.7 Å². The van der Waals surface area contributed by atoms with Gasteiger partial charge in [-0.25, -0.2) is 9.37 Å². The summed E-state index contributed by atoms with van der Waals surface area (Å²) in [6.45, 7) is 3.73. The zero-order valence-corrected chi connectivity index (χ0v) is 14.9. The van der Waals surface area contributed by atoms with Gasteiger partial charge in [0.1, 0.15) is 11.6 Å². The summed E-state index contributed by atoms with van der Waals surface area (Å²) in [6, 6.07) is 9.57. The number of nitrogens with zero attached hydrogens (tertiary/aromatic N) is 2. The fourth-order valence-corrected chi connectivity index (χ4v) is 3.00. The third kappa shape index (κ3) is 3.61. The summed E-state index contributed by atoms with van der Waals surface area (Å²) in [5, 5.41) is 3.42. The van der Waals surface area contributed by atoms with Crippen molar-refractivity contribution in [2.24, 2.45) is 0 Å².